The molecule has 7 heteroatoms. The molecule has 2 rings (SSSR count). The molecule has 0 unspecified atom stereocenters. The van der Waals surface area contributed by atoms with Crippen molar-refractivity contribution in [3.05, 3.63) is 39.7 Å². The fourth-order valence-corrected chi connectivity index (χ4v) is 1.61. The predicted octanol–water partition coefficient (Wildman–Crippen LogP) is 2.38. The normalized spacial score (nSPS) is 10.4. The molecule has 82 valence electrons. The number of aromatic carboxylic acids is 1. The Bertz CT molecular complexity index is 555. The first kappa shape index (κ1) is 11.1. The third-order valence-electron chi connectivity index (χ3n) is 1.82. The number of hydrogen-bond donors (Lipinski definition) is 1. The number of pyridine rings is 1. The average molecular weight is 303 g/mol. The van der Waals surface area contributed by atoms with Crippen LogP contribution in [-0.2, 0) is 0 Å². The zero-order valence-electron chi connectivity index (χ0n) is 7.76. The lowest BCUT2D eigenvalue weighted by Gasteiger charge is -2.02. The molecule has 5 nitrogen and oxygen atoms in total. The van der Waals surface area contributed by atoms with Crippen LogP contribution >= 0.6 is 27.5 Å². The molecular formula is C9H5BrClN3O2. The minimum atomic E-state index is -1.17. The fraction of sp³-hybridized carbons (Fsp3) is 0. The van der Waals surface area contributed by atoms with Crippen molar-refractivity contribution in [2.75, 3.05) is 0 Å². The van der Waals surface area contributed by atoms with Crippen LogP contribution in [0.1, 0.15) is 10.5 Å². The Morgan fingerprint density at radius 1 is 1.50 bits per heavy atom. The molecule has 0 amide bonds. The molecule has 0 bridgehead atoms. The molecule has 0 aliphatic heterocycles. The predicted molar refractivity (Wildman–Crippen MR) is 61.0 cm³/mol. The quantitative estimate of drug-likeness (QED) is 0.925. The molecule has 2 aromatic rings. The number of aromatic nitrogens is 3. The molecule has 2 heterocycles. The molecule has 1 N–H and O–H groups in total. The highest BCUT2D eigenvalue weighted by atomic mass is 79.9. The smallest absolute Gasteiger partial charge is 0.356 e. The lowest BCUT2D eigenvalue weighted by atomic mass is 10.3. The van der Waals surface area contributed by atoms with Crippen molar-refractivity contribution < 1.29 is 9.90 Å². The van der Waals surface area contributed by atoms with Crippen molar-refractivity contribution in [2.24, 2.45) is 0 Å². The van der Waals surface area contributed by atoms with Crippen molar-refractivity contribution in [2.45, 2.75) is 0 Å². The van der Waals surface area contributed by atoms with E-state index in [1.165, 1.54) is 10.7 Å². The maximum absolute atomic E-state index is 10.8. The average Bonchev–Trinajstić information content (AvgIpc) is 2.65. The van der Waals surface area contributed by atoms with E-state index in [-0.39, 0.29) is 10.7 Å². The molecule has 0 fully saturated rings. The minimum Gasteiger partial charge on any atom is -0.476 e. The summed E-state index contributed by atoms with van der Waals surface area (Å²) < 4.78 is 2.23. The third kappa shape index (κ3) is 2.07. The van der Waals surface area contributed by atoms with E-state index in [1.54, 1.807) is 18.5 Å². The second-order valence-corrected chi connectivity index (χ2v) is 4.23. The molecule has 0 saturated heterocycles. The van der Waals surface area contributed by atoms with Gasteiger partial charge in [0.1, 0.15) is 0 Å². The van der Waals surface area contributed by atoms with Gasteiger partial charge in [0, 0.05) is 6.20 Å². The number of carbonyl (C=O) groups is 1. The van der Waals surface area contributed by atoms with Crippen LogP contribution < -0.4 is 0 Å². The topological polar surface area (TPSA) is 68.0 Å². The highest BCUT2D eigenvalue weighted by molar-refractivity contribution is 9.10. The van der Waals surface area contributed by atoms with Crippen molar-refractivity contribution in [1.29, 1.82) is 0 Å². The van der Waals surface area contributed by atoms with Gasteiger partial charge < -0.3 is 5.11 Å². The SMILES string of the molecule is O=C(O)c1nc(-n2cc(Br)cn2)ccc1Cl. The summed E-state index contributed by atoms with van der Waals surface area (Å²) in [6.45, 7) is 0. The Hall–Kier alpha value is -1.40. The Morgan fingerprint density at radius 2 is 2.25 bits per heavy atom. The summed E-state index contributed by atoms with van der Waals surface area (Å²) >= 11 is 8.94. The second-order valence-electron chi connectivity index (χ2n) is 2.91. The number of carboxylic acids is 1. The van der Waals surface area contributed by atoms with Crippen molar-refractivity contribution in [3.8, 4) is 5.82 Å². The first-order chi connectivity index (χ1) is 7.58. The van der Waals surface area contributed by atoms with E-state index in [0.29, 0.717) is 5.82 Å². The zero-order valence-corrected chi connectivity index (χ0v) is 10.1. The monoisotopic (exact) mass is 301 g/mol. The molecule has 0 saturated carbocycles. The highest BCUT2D eigenvalue weighted by Crippen LogP contribution is 2.17. The molecule has 16 heavy (non-hydrogen) atoms. The molecule has 0 radical (unpaired) electrons. The van der Waals surface area contributed by atoms with Gasteiger partial charge in [-0.15, -0.1) is 0 Å². The fourth-order valence-electron chi connectivity index (χ4n) is 1.14. The maximum atomic E-state index is 10.8. The Kier molecular flexibility index (Phi) is 2.93. The van der Waals surface area contributed by atoms with E-state index in [0.717, 1.165) is 4.47 Å². The van der Waals surface area contributed by atoms with Crippen molar-refractivity contribution >= 4 is 33.5 Å². The number of halogens is 2. The molecule has 0 aliphatic carbocycles. The van der Waals surface area contributed by atoms with Crippen molar-refractivity contribution in [3.63, 3.8) is 0 Å². The maximum Gasteiger partial charge on any atom is 0.356 e. The number of hydrogen-bond acceptors (Lipinski definition) is 3. The van der Waals surface area contributed by atoms with E-state index >= 15 is 0 Å². The molecule has 0 aromatic carbocycles. The molecular weight excluding hydrogens is 297 g/mol. The van der Waals surface area contributed by atoms with E-state index in [1.807, 2.05) is 0 Å². The van der Waals surface area contributed by atoms with E-state index in [2.05, 4.69) is 26.0 Å². The standard InChI is InChI=1S/C9H5BrClN3O2/c10-5-3-12-14(4-5)7-2-1-6(11)8(13-7)9(15)16/h1-4H,(H,15,16). The van der Waals surface area contributed by atoms with Gasteiger partial charge >= 0.3 is 5.97 Å². The number of rotatable bonds is 2. The summed E-state index contributed by atoms with van der Waals surface area (Å²) in [4.78, 5) is 14.7. The second kappa shape index (κ2) is 4.23. The van der Waals surface area contributed by atoms with Crippen LogP contribution in [0.3, 0.4) is 0 Å². The van der Waals surface area contributed by atoms with Gasteiger partial charge in [-0.1, -0.05) is 11.6 Å². The lowest BCUT2D eigenvalue weighted by Crippen LogP contribution is -2.06. The highest BCUT2D eigenvalue weighted by Gasteiger charge is 2.12. The van der Waals surface area contributed by atoms with Crippen LogP contribution in [0.25, 0.3) is 5.82 Å². The van der Waals surface area contributed by atoms with E-state index in [9.17, 15) is 4.79 Å². The van der Waals surface area contributed by atoms with Crippen LogP contribution in [0.5, 0.6) is 0 Å². The van der Waals surface area contributed by atoms with E-state index in [4.69, 9.17) is 16.7 Å². The lowest BCUT2D eigenvalue weighted by molar-refractivity contribution is 0.0690. The number of carboxylic acid groups (broad SMARTS) is 1. The first-order valence-electron chi connectivity index (χ1n) is 4.18. The van der Waals surface area contributed by atoms with Gasteiger partial charge in [-0.3, -0.25) is 0 Å². The summed E-state index contributed by atoms with van der Waals surface area (Å²) in [7, 11) is 0. The minimum absolute atomic E-state index is 0.0995. The van der Waals surface area contributed by atoms with Crippen LogP contribution in [0, 0.1) is 0 Å². The zero-order chi connectivity index (χ0) is 11.7. The Balaban J connectivity index is 2.51. The molecule has 0 atom stereocenters. The molecule has 0 spiro atoms. The van der Waals surface area contributed by atoms with Crippen LogP contribution in [-0.4, -0.2) is 25.8 Å². The number of nitrogens with zero attached hydrogens (tertiary/aromatic N) is 3. The summed E-state index contributed by atoms with van der Waals surface area (Å²) in [5.41, 5.74) is -0.189. The van der Waals surface area contributed by atoms with Gasteiger partial charge in [0.15, 0.2) is 11.5 Å². The molecule has 0 aliphatic rings. The van der Waals surface area contributed by atoms with Crippen LogP contribution in [0.2, 0.25) is 5.02 Å². The van der Waals surface area contributed by atoms with Gasteiger partial charge in [0.25, 0.3) is 0 Å². The largest absolute Gasteiger partial charge is 0.476 e. The third-order valence-corrected chi connectivity index (χ3v) is 2.53. The van der Waals surface area contributed by atoms with E-state index < -0.39 is 5.97 Å². The summed E-state index contributed by atoms with van der Waals surface area (Å²) in [5.74, 6) is -0.773. The van der Waals surface area contributed by atoms with Gasteiger partial charge in [0.05, 0.1) is 15.7 Å². The Labute approximate surface area is 104 Å². The summed E-state index contributed by atoms with van der Waals surface area (Å²) in [5, 5.41) is 12.9. The first-order valence-corrected chi connectivity index (χ1v) is 5.35. The van der Waals surface area contributed by atoms with Gasteiger partial charge in [-0.05, 0) is 28.1 Å². The van der Waals surface area contributed by atoms with Gasteiger partial charge in [-0.2, -0.15) is 5.10 Å². The Morgan fingerprint density at radius 3 is 2.81 bits per heavy atom. The van der Waals surface area contributed by atoms with Crippen molar-refractivity contribution in [1.82, 2.24) is 14.8 Å². The summed E-state index contributed by atoms with van der Waals surface area (Å²) in [6.07, 6.45) is 3.25. The van der Waals surface area contributed by atoms with Gasteiger partial charge in [-0.25, -0.2) is 14.5 Å². The molecule has 2 aromatic heterocycles. The summed E-state index contributed by atoms with van der Waals surface area (Å²) in [6, 6.07) is 3.07. The van der Waals surface area contributed by atoms with Crippen LogP contribution in [0.15, 0.2) is 29.0 Å². The van der Waals surface area contributed by atoms with Gasteiger partial charge in [0.2, 0.25) is 0 Å². The van der Waals surface area contributed by atoms with Crippen LogP contribution in [0.4, 0.5) is 0 Å².